The lowest BCUT2D eigenvalue weighted by Gasteiger charge is -2.15. The van der Waals surface area contributed by atoms with Gasteiger partial charge in [0.2, 0.25) is 0 Å². The van der Waals surface area contributed by atoms with Crippen LogP contribution in [-0.2, 0) is 6.54 Å². The fourth-order valence-electron chi connectivity index (χ4n) is 2.18. The summed E-state index contributed by atoms with van der Waals surface area (Å²) in [7, 11) is 1.68. The Labute approximate surface area is 129 Å². The van der Waals surface area contributed by atoms with Gasteiger partial charge in [-0.2, -0.15) is 0 Å². The van der Waals surface area contributed by atoms with Crippen LogP contribution in [0.2, 0.25) is 0 Å². The Morgan fingerprint density at radius 1 is 1.15 bits per heavy atom. The lowest BCUT2D eigenvalue weighted by molar-refractivity contribution is 0.412. The van der Waals surface area contributed by atoms with Gasteiger partial charge in [-0.05, 0) is 51.2 Å². The van der Waals surface area contributed by atoms with Crippen LogP contribution in [0.1, 0.15) is 30.9 Å². The SMILES string of the molecule is COc1ccc(CNc2ccccc2C(C)C)cc1Br. The van der Waals surface area contributed by atoms with Gasteiger partial charge in [0.1, 0.15) is 5.75 Å². The van der Waals surface area contributed by atoms with Crippen LogP contribution in [0.5, 0.6) is 5.75 Å². The molecule has 2 rings (SSSR count). The van der Waals surface area contributed by atoms with Crippen LogP contribution in [0.15, 0.2) is 46.9 Å². The Morgan fingerprint density at radius 2 is 1.90 bits per heavy atom. The summed E-state index contributed by atoms with van der Waals surface area (Å²) in [4.78, 5) is 0. The average molecular weight is 334 g/mol. The number of ether oxygens (including phenoxy) is 1. The van der Waals surface area contributed by atoms with Crippen molar-refractivity contribution >= 4 is 21.6 Å². The number of anilines is 1. The van der Waals surface area contributed by atoms with Crippen molar-refractivity contribution in [1.29, 1.82) is 0 Å². The van der Waals surface area contributed by atoms with E-state index >= 15 is 0 Å². The number of hydrogen-bond donors (Lipinski definition) is 1. The Bertz CT molecular complexity index is 581. The number of rotatable bonds is 5. The van der Waals surface area contributed by atoms with Crippen molar-refractivity contribution in [3.05, 3.63) is 58.1 Å². The molecule has 0 bridgehead atoms. The minimum atomic E-state index is 0.515. The van der Waals surface area contributed by atoms with Crippen LogP contribution in [0.4, 0.5) is 5.69 Å². The Balaban J connectivity index is 2.11. The van der Waals surface area contributed by atoms with Gasteiger partial charge >= 0.3 is 0 Å². The molecule has 2 nitrogen and oxygen atoms in total. The molecule has 0 atom stereocenters. The van der Waals surface area contributed by atoms with Gasteiger partial charge in [-0.25, -0.2) is 0 Å². The van der Waals surface area contributed by atoms with Gasteiger partial charge in [-0.3, -0.25) is 0 Å². The molecular formula is C17H20BrNO. The van der Waals surface area contributed by atoms with Gasteiger partial charge in [0.25, 0.3) is 0 Å². The van der Waals surface area contributed by atoms with Crippen molar-refractivity contribution in [3.8, 4) is 5.75 Å². The lowest BCUT2D eigenvalue weighted by atomic mass is 10.0. The highest BCUT2D eigenvalue weighted by Crippen LogP contribution is 2.27. The smallest absolute Gasteiger partial charge is 0.133 e. The third kappa shape index (κ3) is 3.54. The highest BCUT2D eigenvalue weighted by molar-refractivity contribution is 9.10. The van der Waals surface area contributed by atoms with Crippen LogP contribution in [0, 0.1) is 0 Å². The normalized spacial score (nSPS) is 10.7. The highest BCUT2D eigenvalue weighted by atomic mass is 79.9. The highest BCUT2D eigenvalue weighted by Gasteiger charge is 2.06. The molecule has 0 amide bonds. The standard InChI is InChI=1S/C17H20BrNO/c1-12(2)14-6-4-5-7-16(14)19-11-13-8-9-17(20-3)15(18)10-13/h4-10,12,19H,11H2,1-3H3. The largest absolute Gasteiger partial charge is 0.496 e. The quantitative estimate of drug-likeness (QED) is 0.812. The van der Waals surface area contributed by atoms with Gasteiger partial charge in [0.15, 0.2) is 0 Å². The van der Waals surface area contributed by atoms with E-state index in [0.29, 0.717) is 5.92 Å². The molecule has 0 saturated carbocycles. The minimum absolute atomic E-state index is 0.515. The third-order valence-corrected chi connectivity index (χ3v) is 3.90. The summed E-state index contributed by atoms with van der Waals surface area (Å²) in [6.07, 6.45) is 0. The first-order valence-corrected chi connectivity index (χ1v) is 7.56. The first-order valence-electron chi connectivity index (χ1n) is 6.77. The van der Waals surface area contributed by atoms with Crippen molar-refractivity contribution in [2.45, 2.75) is 26.3 Å². The number of para-hydroxylation sites is 1. The van der Waals surface area contributed by atoms with E-state index in [1.807, 2.05) is 6.07 Å². The van der Waals surface area contributed by atoms with E-state index in [-0.39, 0.29) is 0 Å². The molecule has 0 aliphatic rings. The second-order valence-electron chi connectivity index (χ2n) is 5.06. The van der Waals surface area contributed by atoms with Gasteiger partial charge in [0.05, 0.1) is 11.6 Å². The average Bonchev–Trinajstić information content (AvgIpc) is 2.45. The van der Waals surface area contributed by atoms with Crippen molar-refractivity contribution in [1.82, 2.24) is 0 Å². The van der Waals surface area contributed by atoms with Gasteiger partial charge in [-0.1, -0.05) is 38.1 Å². The van der Waals surface area contributed by atoms with E-state index in [4.69, 9.17) is 4.74 Å². The van der Waals surface area contributed by atoms with Crippen LogP contribution < -0.4 is 10.1 Å². The predicted octanol–water partition coefficient (Wildman–Crippen LogP) is 5.19. The molecule has 3 heteroatoms. The first-order chi connectivity index (χ1) is 9.61. The van der Waals surface area contributed by atoms with Crippen molar-refractivity contribution in [2.75, 3.05) is 12.4 Å². The molecule has 0 aromatic heterocycles. The van der Waals surface area contributed by atoms with Crippen LogP contribution in [0.3, 0.4) is 0 Å². The number of halogens is 1. The molecule has 0 aliphatic heterocycles. The molecule has 0 unspecified atom stereocenters. The van der Waals surface area contributed by atoms with E-state index in [1.165, 1.54) is 16.8 Å². The molecule has 1 N–H and O–H groups in total. The summed E-state index contributed by atoms with van der Waals surface area (Å²) in [6, 6.07) is 14.6. The zero-order valence-corrected chi connectivity index (χ0v) is 13.7. The molecule has 0 heterocycles. The summed E-state index contributed by atoms with van der Waals surface area (Å²) in [5.41, 5.74) is 3.77. The first kappa shape index (κ1) is 14.9. The maximum Gasteiger partial charge on any atom is 0.133 e. The third-order valence-electron chi connectivity index (χ3n) is 3.28. The van der Waals surface area contributed by atoms with E-state index < -0.39 is 0 Å². The van der Waals surface area contributed by atoms with Crippen LogP contribution in [0.25, 0.3) is 0 Å². The van der Waals surface area contributed by atoms with Crippen LogP contribution >= 0.6 is 15.9 Å². The monoisotopic (exact) mass is 333 g/mol. The summed E-state index contributed by atoms with van der Waals surface area (Å²) in [6.45, 7) is 5.22. The molecule has 0 fully saturated rings. The summed E-state index contributed by atoms with van der Waals surface area (Å²) in [5, 5.41) is 3.51. The van der Waals surface area contributed by atoms with Crippen molar-refractivity contribution in [3.63, 3.8) is 0 Å². The maximum atomic E-state index is 5.25. The molecule has 2 aromatic carbocycles. The van der Waals surface area contributed by atoms with E-state index in [2.05, 4.69) is 71.5 Å². The summed E-state index contributed by atoms with van der Waals surface area (Å²) in [5.74, 6) is 1.37. The second-order valence-corrected chi connectivity index (χ2v) is 5.92. The van der Waals surface area contributed by atoms with Gasteiger partial charge in [0, 0.05) is 12.2 Å². The van der Waals surface area contributed by atoms with Crippen molar-refractivity contribution in [2.24, 2.45) is 0 Å². The number of nitrogens with one attached hydrogen (secondary N) is 1. The summed E-state index contributed by atoms with van der Waals surface area (Å²) < 4.78 is 6.23. The fourth-order valence-corrected chi connectivity index (χ4v) is 2.77. The lowest BCUT2D eigenvalue weighted by Crippen LogP contribution is -2.03. The minimum Gasteiger partial charge on any atom is -0.496 e. The fraction of sp³-hybridized carbons (Fsp3) is 0.294. The molecule has 2 aromatic rings. The number of hydrogen-bond acceptors (Lipinski definition) is 2. The molecule has 0 aliphatic carbocycles. The van der Waals surface area contributed by atoms with Gasteiger partial charge in [-0.15, -0.1) is 0 Å². The molecule has 106 valence electrons. The Morgan fingerprint density at radius 3 is 2.55 bits per heavy atom. The Hall–Kier alpha value is -1.48. The molecular weight excluding hydrogens is 314 g/mol. The summed E-state index contributed by atoms with van der Waals surface area (Å²) >= 11 is 3.52. The predicted molar refractivity (Wildman–Crippen MR) is 88.6 cm³/mol. The van der Waals surface area contributed by atoms with Crippen LogP contribution in [-0.4, -0.2) is 7.11 Å². The van der Waals surface area contributed by atoms with E-state index in [9.17, 15) is 0 Å². The zero-order valence-electron chi connectivity index (χ0n) is 12.1. The molecule has 0 saturated heterocycles. The molecule has 0 spiro atoms. The molecule has 0 radical (unpaired) electrons. The number of benzene rings is 2. The maximum absolute atomic E-state index is 5.25. The Kier molecular flexibility index (Phi) is 5.07. The van der Waals surface area contributed by atoms with E-state index in [1.54, 1.807) is 7.11 Å². The molecule has 20 heavy (non-hydrogen) atoms. The van der Waals surface area contributed by atoms with Crippen molar-refractivity contribution < 1.29 is 4.74 Å². The second kappa shape index (κ2) is 6.80. The topological polar surface area (TPSA) is 21.3 Å². The van der Waals surface area contributed by atoms with Gasteiger partial charge < -0.3 is 10.1 Å². The number of methoxy groups -OCH3 is 1. The zero-order chi connectivity index (χ0) is 14.5. The van der Waals surface area contributed by atoms with E-state index in [0.717, 1.165) is 16.8 Å².